The van der Waals surface area contributed by atoms with Crippen LogP contribution in [0.25, 0.3) is 11.0 Å². The smallest absolute Gasteiger partial charge is 0.339 e. The zero-order chi connectivity index (χ0) is 19.4. The van der Waals surface area contributed by atoms with Gasteiger partial charge in [-0.2, -0.15) is 0 Å². The molecule has 0 aliphatic carbocycles. The second-order valence-corrected chi connectivity index (χ2v) is 6.23. The average molecular weight is 360 g/mol. The molecule has 0 saturated heterocycles. The number of benzene rings is 1. The third-order valence-corrected chi connectivity index (χ3v) is 4.29. The Labute approximate surface area is 151 Å². The Balaban J connectivity index is 2.17. The van der Waals surface area contributed by atoms with Gasteiger partial charge < -0.3 is 24.4 Å². The SMILES string of the molecule is CCC[C@@H](NC(=O)[C@H](C)Oc1ccc2c(C)c(C)c(=O)oc2c1)C(=O)[O-]. The van der Waals surface area contributed by atoms with Gasteiger partial charge in [0.25, 0.3) is 5.91 Å². The summed E-state index contributed by atoms with van der Waals surface area (Å²) in [5, 5.41) is 14.2. The molecule has 0 saturated carbocycles. The lowest BCUT2D eigenvalue weighted by Gasteiger charge is -2.22. The van der Waals surface area contributed by atoms with Crippen molar-refractivity contribution in [1.82, 2.24) is 5.32 Å². The highest BCUT2D eigenvalue weighted by Crippen LogP contribution is 2.24. The second-order valence-electron chi connectivity index (χ2n) is 6.23. The van der Waals surface area contributed by atoms with Crippen LogP contribution in [-0.4, -0.2) is 24.0 Å². The molecule has 1 heterocycles. The first kappa shape index (κ1) is 19.5. The Bertz CT molecular complexity index is 885. The zero-order valence-electron chi connectivity index (χ0n) is 15.3. The van der Waals surface area contributed by atoms with Crippen LogP contribution in [0.4, 0.5) is 0 Å². The molecular weight excluding hydrogens is 338 g/mol. The molecule has 0 aliphatic rings. The van der Waals surface area contributed by atoms with E-state index in [1.54, 1.807) is 19.1 Å². The topological polar surface area (TPSA) is 109 Å². The molecule has 0 fully saturated rings. The van der Waals surface area contributed by atoms with Gasteiger partial charge in [-0.15, -0.1) is 0 Å². The van der Waals surface area contributed by atoms with Gasteiger partial charge in [0.2, 0.25) is 0 Å². The number of carbonyl (C=O) groups is 2. The van der Waals surface area contributed by atoms with E-state index >= 15 is 0 Å². The van der Waals surface area contributed by atoms with Crippen molar-refractivity contribution < 1.29 is 23.8 Å². The first-order valence-electron chi connectivity index (χ1n) is 8.46. The van der Waals surface area contributed by atoms with Gasteiger partial charge in [-0.3, -0.25) is 4.79 Å². The molecule has 0 spiro atoms. The van der Waals surface area contributed by atoms with Gasteiger partial charge in [0.05, 0.1) is 12.0 Å². The molecule has 2 atom stereocenters. The number of hydrogen-bond donors (Lipinski definition) is 1. The van der Waals surface area contributed by atoms with Crippen LogP contribution in [0.3, 0.4) is 0 Å². The van der Waals surface area contributed by atoms with E-state index in [0.29, 0.717) is 23.3 Å². The zero-order valence-corrected chi connectivity index (χ0v) is 15.3. The summed E-state index contributed by atoms with van der Waals surface area (Å²) in [4.78, 5) is 35.0. The predicted octanol–water partition coefficient (Wildman–Crippen LogP) is 1.21. The first-order valence-corrected chi connectivity index (χ1v) is 8.46. The maximum atomic E-state index is 12.2. The Kier molecular flexibility index (Phi) is 6.02. The molecule has 2 aromatic rings. The average Bonchev–Trinajstić information content (AvgIpc) is 2.59. The van der Waals surface area contributed by atoms with Crippen LogP contribution in [0.15, 0.2) is 27.4 Å². The molecule has 1 amide bonds. The Hall–Kier alpha value is -2.83. The van der Waals surface area contributed by atoms with Crippen molar-refractivity contribution in [1.29, 1.82) is 0 Å². The normalized spacial score (nSPS) is 13.2. The van der Waals surface area contributed by atoms with Crippen molar-refractivity contribution in [3.05, 3.63) is 39.7 Å². The van der Waals surface area contributed by atoms with Crippen molar-refractivity contribution in [2.45, 2.75) is 52.7 Å². The van der Waals surface area contributed by atoms with E-state index in [0.717, 1.165) is 10.9 Å². The number of fused-ring (bicyclic) bond motifs is 1. The Morgan fingerprint density at radius 2 is 1.96 bits per heavy atom. The lowest BCUT2D eigenvalue weighted by Crippen LogP contribution is -2.51. The molecule has 1 aromatic carbocycles. The van der Waals surface area contributed by atoms with E-state index in [1.165, 1.54) is 13.0 Å². The largest absolute Gasteiger partial charge is 0.548 e. The summed E-state index contributed by atoms with van der Waals surface area (Å²) in [7, 11) is 0. The summed E-state index contributed by atoms with van der Waals surface area (Å²) in [5.41, 5.74) is 1.31. The molecular formula is C19H22NO6-. The quantitative estimate of drug-likeness (QED) is 0.744. The third kappa shape index (κ3) is 4.22. The molecule has 7 heteroatoms. The molecule has 2 rings (SSSR count). The Morgan fingerprint density at radius 3 is 2.58 bits per heavy atom. The van der Waals surface area contributed by atoms with Crippen LogP contribution in [-0.2, 0) is 9.59 Å². The number of amides is 1. The van der Waals surface area contributed by atoms with Gasteiger partial charge in [-0.1, -0.05) is 13.3 Å². The highest BCUT2D eigenvalue weighted by atomic mass is 16.5. The summed E-state index contributed by atoms with van der Waals surface area (Å²) in [6.45, 7) is 6.85. The van der Waals surface area contributed by atoms with Gasteiger partial charge in [-0.25, -0.2) is 4.79 Å². The van der Waals surface area contributed by atoms with Gasteiger partial charge in [-0.05, 0) is 44.9 Å². The maximum Gasteiger partial charge on any atom is 0.339 e. The number of rotatable bonds is 7. The van der Waals surface area contributed by atoms with Crippen molar-refractivity contribution in [2.75, 3.05) is 0 Å². The van der Waals surface area contributed by atoms with Gasteiger partial charge in [0, 0.05) is 17.0 Å². The van der Waals surface area contributed by atoms with Crippen LogP contribution >= 0.6 is 0 Å². The standard InChI is InChI=1S/C19H23NO6/c1-5-6-15(18(22)23)20-17(21)12(4)25-13-7-8-14-10(2)11(3)19(24)26-16(14)9-13/h7-9,12,15H,5-6H2,1-4H3,(H,20,21)(H,22,23)/p-1/t12-,15+/m0/s1. The monoisotopic (exact) mass is 360 g/mol. The van der Waals surface area contributed by atoms with Crippen molar-refractivity contribution >= 4 is 22.8 Å². The summed E-state index contributed by atoms with van der Waals surface area (Å²) in [6, 6.07) is 3.90. The summed E-state index contributed by atoms with van der Waals surface area (Å²) >= 11 is 0. The molecule has 0 radical (unpaired) electrons. The van der Waals surface area contributed by atoms with Gasteiger partial charge in [0.1, 0.15) is 11.3 Å². The fourth-order valence-electron chi connectivity index (χ4n) is 2.59. The van der Waals surface area contributed by atoms with Crippen LogP contribution < -0.4 is 20.8 Å². The van der Waals surface area contributed by atoms with Crippen molar-refractivity contribution in [2.24, 2.45) is 0 Å². The number of aryl methyl sites for hydroxylation is 1. The lowest BCUT2D eigenvalue weighted by molar-refractivity contribution is -0.308. The molecule has 0 unspecified atom stereocenters. The molecule has 7 nitrogen and oxygen atoms in total. The first-order chi connectivity index (χ1) is 12.2. The summed E-state index contributed by atoms with van der Waals surface area (Å²) in [5.74, 6) is -1.55. The number of ether oxygens (including phenoxy) is 1. The minimum absolute atomic E-state index is 0.278. The molecule has 1 aromatic heterocycles. The van der Waals surface area contributed by atoms with E-state index in [2.05, 4.69) is 5.32 Å². The fourth-order valence-corrected chi connectivity index (χ4v) is 2.59. The van der Waals surface area contributed by atoms with E-state index < -0.39 is 29.6 Å². The van der Waals surface area contributed by atoms with Crippen molar-refractivity contribution in [3.8, 4) is 5.75 Å². The lowest BCUT2D eigenvalue weighted by atomic mass is 10.1. The summed E-state index contributed by atoms with van der Waals surface area (Å²) < 4.78 is 10.8. The van der Waals surface area contributed by atoms with Crippen LogP contribution in [0.1, 0.15) is 37.8 Å². The molecule has 0 bridgehead atoms. The van der Waals surface area contributed by atoms with Gasteiger partial charge in [0.15, 0.2) is 6.10 Å². The summed E-state index contributed by atoms with van der Waals surface area (Å²) in [6.07, 6.45) is -0.0542. The van der Waals surface area contributed by atoms with E-state index in [1.807, 2.05) is 13.8 Å². The maximum absolute atomic E-state index is 12.2. The number of aliphatic carboxylic acids is 1. The molecule has 26 heavy (non-hydrogen) atoms. The minimum Gasteiger partial charge on any atom is -0.548 e. The third-order valence-electron chi connectivity index (χ3n) is 4.29. The van der Waals surface area contributed by atoms with E-state index in [4.69, 9.17) is 9.15 Å². The highest BCUT2D eigenvalue weighted by Gasteiger charge is 2.20. The number of nitrogens with one attached hydrogen (secondary N) is 1. The van der Waals surface area contributed by atoms with Crippen LogP contribution in [0, 0.1) is 13.8 Å². The number of carboxylic acid groups (broad SMARTS) is 1. The van der Waals surface area contributed by atoms with E-state index in [9.17, 15) is 19.5 Å². The minimum atomic E-state index is -1.33. The number of carbonyl (C=O) groups excluding carboxylic acids is 2. The predicted molar refractivity (Wildman–Crippen MR) is 93.9 cm³/mol. The molecule has 140 valence electrons. The fraction of sp³-hybridized carbons (Fsp3) is 0.421. The van der Waals surface area contributed by atoms with Crippen molar-refractivity contribution in [3.63, 3.8) is 0 Å². The Morgan fingerprint density at radius 1 is 1.27 bits per heavy atom. The molecule has 0 aliphatic heterocycles. The molecule has 1 N–H and O–H groups in total. The van der Waals surface area contributed by atoms with Crippen LogP contribution in [0.2, 0.25) is 0 Å². The highest BCUT2D eigenvalue weighted by molar-refractivity contribution is 5.86. The number of hydrogen-bond acceptors (Lipinski definition) is 6. The van der Waals surface area contributed by atoms with Gasteiger partial charge >= 0.3 is 5.63 Å². The van der Waals surface area contributed by atoms with Crippen LogP contribution in [0.5, 0.6) is 5.75 Å². The van der Waals surface area contributed by atoms with E-state index in [-0.39, 0.29) is 6.42 Å². The number of carboxylic acids is 1. The second kappa shape index (κ2) is 8.03.